The first-order chi connectivity index (χ1) is 8.67. The van der Waals surface area contributed by atoms with Gasteiger partial charge >= 0.3 is 0 Å². The maximum atomic E-state index is 5.50. The van der Waals surface area contributed by atoms with Crippen molar-refractivity contribution in [2.24, 2.45) is 0 Å². The summed E-state index contributed by atoms with van der Waals surface area (Å²) in [4.78, 5) is 2.54. The van der Waals surface area contributed by atoms with Crippen LogP contribution in [0.25, 0.3) is 0 Å². The molecule has 3 heteroatoms. The first-order valence-electron chi connectivity index (χ1n) is 6.65. The van der Waals surface area contributed by atoms with Crippen molar-refractivity contribution >= 4 is 0 Å². The highest BCUT2D eigenvalue weighted by Gasteiger charge is 2.30. The standard InChI is InChI=1S/C15H23NO2/c1-11(2)16-9-5-6-14(16)13-10-12(17-3)7-8-15(13)18-4/h7-8,10-11,14H,5-6,9H2,1-4H3/t14-/m0/s1. The summed E-state index contributed by atoms with van der Waals surface area (Å²) in [6.45, 7) is 5.68. The fraction of sp³-hybridized carbons (Fsp3) is 0.600. The minimum Gasteiger partial charge on any atom is -0.497 e. The van der Waals surface area contributed by atoms with Crippen molar-refractivity contribution in [3.63, 3.8) is 0 Å². The molecule has 0 aliphatic carbocycles. The molecule has 18 heavy (non-hydrogen) atoms. The third-order valence-electron chi connectivity index (χ3n) is 3.75. The Balaban J connectivity index is 2.35. The van der Waals surface area contributed by atoms with Crippen LogP contribution in [0, 0.1) is 0 Å². The molecule has 1 saturated heterocycles. The third kappa shape index (κ3) is 2.46. The summed E-state index contributed by atoms with van der Waals surface area (Å²) < 4.78 is 10.8. The molecule has 3 nitrogen and oxygen atoms in total. The molecule has 0 unspecified atom stereocenters. The highest BCUT2D eigenvalue weighted by atomic mass is 16.5. The molecule has 0 N–H and O–H groups in total. The van der Waals surface area contributed by atoms with E-state index in [9.17, 15) is 0 Å². The quantitative estimate of drug-likeness (QED) is 0.817. The summed E-state index contributed by atoms with van der Waals surface area (Å²) in [5, 5.41) is 0. The number of benzene rings is 1. The van der Waals surface area contributed by atoms with E-state index in [4.69, 9.17) is 9.47 Å². The molecule has 0 amide bonds. The lowest BCUT2D eigenvalue weighted by Crippen LogP contribution is -2.30. The first-order valence-corrected chi connectivity index (χ1v) is 6.65. The Morgan fingerprint density at radius 2 is 2.00 bits per heavy atom. The molecule has 1 aromatic carbocycles. The minimum absolute atomic E-state index is 0.454. The Hall–Kier alpha value is -1.22. The summed E-state index contributed by atoms with van der Waals surface area (Å²) in [7, 11) is 3.44. The Morgan fingerprint density at radius 3 is 2.61 bits per heavy atom. The lowest BCUT2D eigenvalue weighted by molar-refractivity contribution is 0.201. The number of methoxy groups -OCH3 is 2. The largest absolute Gasteiger partial charge is 0.497 e. The molecule has 1 heterocycles. The molecule has 0 aromatic heterocycles. The zero-order valence-corrected chi connectivity index (χ0v) is 11.8. The Kier molecular flexibility index (Phi) is 4.12. The predicted octanol–water partition coefficient (Wildman–Crippen LogP) is 3.25. The second-order valence-electron chi connectivity index (χ2n) is 5.10. The van der Waals surface area contributed by atoms with Gasteiger partial charge in [0.05, 0.1) is 14.2 Å². The van der Waals surface area contributed by atoms with Crippen molar-refractivity contribution in [3.8, 4) is 11.5 Å². The van der Waals surface area contributed by atoms with Crippen LogP contribution in [0.2, 0.25) is 0 Å². The van der Waals surface area contributed by atoms with Crippen LogP contribution in [0.15, 0.2) is 18.2 Å². The van der Waals surface area contributed by atoms with Crippen molar-refractivity contribution < 1.29 is 9.47 Å². The molecule has 1 fully saturated rings. The lowest BCUT2D eigenvalue weighted by Gasteiger charge is -2.29. The van der Waals surface area contributed by atoms with Gasteiger partial charge in [-0.05, 0) is 51.4 Å². The summed E-state index contributed by atoms with van der Waals surface area (Å²) in [5.41, 5.74) is 1.25. The summed E-state index contributed by atoms with van der Waals surface area (Å²) in [6, 6.07) is 7.09. The molecule has 1 aliphatic rings. The molecule has 0 spiro atoms. The van der Waals surface area contributed by atoms with E-state index in [1.54, 1.807) is 14.2 Å². The van der Waals surface area contributed by atoms with Gasteiger partial charge in [-0.3, -0.25) is 4.90 Å². The van der Waals surface area contributed by atoms with E-state index >= 15 is 0 Å². The number of ether oxygens (including phenoxy) is 2. The predicted molar refractivity (Wildman–Crippen MR) is 73.4 cm³/mol. The van der Waals surface area contributed by atoms with Crippen molar-refractivity contribution in [1.82, 2.24) is 4.90 Å². The summed E-state index contributed by atoms with van der Waals surface area (Å²) in [6.07, 6.45) is 2.45. The van der Waals surface area contributed by atoms with Gasteiger partial charge in [0.15, 0.2) is 0 Å². The molecule has 1 aliphatic heterocycles. The molecular weight excluding hydrogens is 226 g/mol. The van der Waals surface area contributed by atoms with Gasteiger partial charge in [-0.15, -0.1) is 0 Å². The van der Waals surface area contributed by atoms with Crippen LogP contribution in [0.3, 0.4) is 0 Å². The maximum absolute atomic E-state index is 5.50. The molecule has 0 saturated carbocycles. The lowest BCUT2D eigenvalue weighted by atomic mass is 10.0. The van der Waals surface area contributed by atoms with Gasteiger partial charge in [-0.1, -0.05) is 0 Å². The van der Waals surface area contributed by atoms with Gasteiger partial charge in [-0.2, -0.15) is 0 Å². The zero-order chi connectivity index (χ0) is 13.1. The molecule has 1 aromatic rings. The van der Waals surface area contributed by atoms with E-state index in [2.05, 4.69) is 24.8 Å². The monoisotopic (exact) mass is 249 g/mol. The van der Waals surface area contributed by atoms with E-state index < -0.39 is 0 Å². The van der Waals surface area contributed by atoms with Crippen LogP contribution in [0.5, 0.6) is 11.5 Å². The van der Waals surface area contributed by atoms with Crippen LogP contribution in [-0.4, -0.2) is 31.7 Å². The second kappa shape index (κ2) is 5.61. The number of likely N-dealkylation sites (tertiary alicyclic amines) is 1. The Labute approximate surface area is 110 Å². The van der Waals surface area contributed by atoms with Gasteiger partial charge in [0.1, 0.15) is 11.5 Å². The smallest absolute Gasteiger partial charge is 0.123 e. The van der Waals surface area contributed by atoms with Gasteiger partial charge < -0.3 is 9.47 Å². The fourth-order valence-corrected chi connectivity index (χ4v) is 2.84. The van der Waals surface area contributed by atoms with Crippen molar-refractivity contribution in [2.75, 3.05) is 20.8 Å². The number of nitrogens with zero attached hydrogens (tertiary/aromatic N) is 1. The molecular formula is C15H23NO2. The molecule has 2 rings (SSSR count). The van der Waals surface area contributed by atoms with Crippen LogP contribution in [0.1, 0.15) is 38.3 Å². The second-order valence-corrected chi connectivity index (χ2v) is 5.10. The number of hydrogen-bond donors (Lipinski definition) is 0. The average molecular weight is 249 g/mol. The Morgan fingerprint density at radius 1 is 1.22 bits per heavy atom. The SMILES string of the molecule is COc1ccc(OC)c([C@@H]2CCCN2C(C)C)c1. The van der Waals surface area contributed by atoms with Crippen LogP contribution >= 0.6 is 0 Å². The number of rotatable bonds is 4. The van der Waals surface area contributed by atoms with Crippen LogP contribution in [-0.2, 0) is 0 Å². The van der Waals surface area contributed by atoms with E-state index in [1.807, 2.05) is 12.1 Å². The van der Waals surface area contributed by atoms with E-state index in [-0.39, 0.29) is 0 Å². The fourth-order valence-electron chi connectivity index (χ4n) is 2.84. The van der Waals surface area contributed by atoms with Gasteiger partial charge in [0, 0.05) is 17.6 Å². The number of hydrogen-bond acceptors (Lipinski definition) is 3. The van der Waals surface area contributed by atoms with E-state index in [0.29, 0.717) is 12.1 Å². The van der Waals surface area contributed by atoms with Crippen molar-refractivity contribution in [1.29, 1.82) is 0 Å². The van der Waals surface area contributed by atoms with Crippen LogP contribution in [0.4, 0.5) is 0 Å². The zero-order valence-electron chi connectivity index (χ0n) is 11.8. The molecule has 0 bridgehead atoms. The molecule has 1 atom stereocenters. The normalized spacial score (nSPS) is 20.4. The maximum Gasteiger partial charge on any atom is 0.123 e. The van der Waals surface area contributed by atoms with Crippen LogP contribution < -0.4 is 9.47 Å². The van der Waals surface area contributed by atoms with Crippen molar-refractivity contribution in [3.05, 3.63) is 23.8 Å². The topological polar surface area (TPSA) is 21.7 Å². The Bertz CT molecular complexity index is 403. The van der Waals surface area contributed by atoms with Gasteiger partial charge in [0.25, 0.3) is 0 Å². The van der Waals surface area contributed by atoms with Gasteiger partial charge in [0.2, 0.25) is 0 Å². The minimum atomic E-state index is 0.454. The molecule has 0 radical (unpaired) electrons. The van der Waals surface area contributed by atoms with Gasteiger partial charge in [-0.25, -0.2) is 0 Å². The first kappa shape index (κ1) is 13.2. The van der Waals surface area contributed by atoms with E-state index in [1.165, 1.54) is 24.9 Å². The third-order valence-corrected chi connectivity index (χ3v) is 3.75. The molecule has 100 valence electrons. The summed E-state index contributed by atoms with van der Waals surface area (Å²) >= 11 is 0. The van der Waals surface area contributed by atoms with E-state index in [0.717, 1.165) is 11.5 Å². The average Bonchev–Trinajstić information content (AvgIpc) is 2.87. The summed E-state index contributed by atoms with van der Waals surface area (Å²) in [5.74, 6) is 1.87. The van der Waals surface area contributed by atoms with Crippen molar-refractivity contribution in [2.45, 2.75) is 38.8 Å². The highest BCUT2D eigenvalue weighted by molar-refractivity contribution is 5.42. The highest BCUT2D eigenvalue weighted by Crippen LogP contribution is 2.39.